The van der Waals surface area contributed by atoms with Crippen molar-refractivity contribution in [2.45, 2.75) is 59.0 Å². The first kappa shape index (κ1) is 26.7. The van der Waals surface area contributed by atoms with Crippen LogP contribution in [0.2, 0.25) is 0 Å². The second kappa shape index (κ2) is 11.2. The van der Waals surface area contributed by atoms with E-state index in [0.717, 1.165) is 11.1 Å². The van der Waals surface area contributed by atoms with Gasteiger partial charge < -0.3 is 15.1 Å². The van der Waals surface area contributed by atoms with Crippen LogP contribution in [-0.4, -0.2) is 29.8 Å². The van der Waals surface area contributed by atoms with E-state index in [4.69, 9.17) is 4.42 Å². The van der Waals surface area contributed by atoms with Gasteiger partial charge in [0.2, 0.25) is 11.8 Å². The third-order valence-corrected chi connectivity index (χ3v) is 5.62. The van der Waals surface area contributed by atoms with Crippen LogP contribution in [0, 0.1) is 6.92 Å². The Balaban J connectivity index is 2.04. The van der Waals surface area contributed by atoms with Crippen molar-refractivity contribution in [3.05, 3.63) is 89.4 Å². The van der Waals surface area contributed by atoms with E-state index in [1.165, 1.54) is 17.2 Å². The third kappa shape index (κ3) is 6.84. The van der Waals surface area contributed by atoms with Gasteiger partial charge in [-0.2, -0.15) is 0 Å². The Morgan fingerprint density at radius 1 is 0.944 bits per heavy atom. The second-order valence-electron chi connectivity index (χ2n) is 10.2. The van der Waals surface area contributed by atoms with Crippen molar-refractivity contribution in [1.29, 1.82) is 0 Å². The number of aryl methyl sites for hydroxylation is 1. The number of rotatable bonds is 8. The van der Waals surface area contributed by atoms with E-state index in [-0.39, 0.29) is 18.2 Å². The van der Waals surface area contributed by atoms with Crippen LogP contribution in [0.1, 0.15) is 73.8 Å². The molecule has 3 rings (SSSR count). The first-order chi connectivity index (χ1) is 17.0. The Morgan fingerprint density at radius 3 is 2.17 bits per heavy atom. The minimum absolute atomic E-state index is 0.108. The zero-order valence-corrected chi connectivity index (χ0v) is 21.8. The predicted octanol–water partition coefficient (Wildman–Crippen LogP) is 5.13. The summed E-state index contributed by atoms with van der Waals surface area (Å²) in [5.41, 5.74) is 2.80. The maximum Gasteiger partial charge on any atom is 0.287 e. The van der Waals surface area contributed by atoms with Gasteiger partial charge in [-0.1, -0.05) is 50.2 Å². The SMILES string of the molecule is Cc1cccc(N(C(=O)CNC(=O)c2ccco2)C(C(=O)NC(C)(C)C)c2ccc(C(C)C)cc2)c1. The van der Waals surface area contributed by atoms with Gasteiger partial charge in [0.25, 0.3) is 5.91 Å². The maximum atomic E-state index is 13.7. The van der Waals surface area contributed by atoms with Crippen LogP contribution in [0.3, 0.4) is 0 Å². The molecule has 3 amide bonds. The summed E-state index contributed by atoms with van der Waals surface area (Å²) in [7, 11) is 0. The molecule has 0 saturated carbocycles. The summed E-state index contributed by atoms with van der Waals surface area (Å²) in [6.07, 6.45) is 1.39. The summed E-state index contributed by atoms with van der Waals surface area (Å²) in [6.45, 7) is 11.5. The van der Waals surface area contributed by atoms with Gasteiger partial charge in [-0.05, 0) is 74.6 Å². The monoisotopic (exact) mass is 489 g/mol. The van der Waals surface area contributed by atoms with Crippen molar-refractivity contribution in [2.75, 3.05) is 11.4 Å². The van der Waals surface area contributed by atoms with Gasteiger partial charge in [0.15, 0.2) is 5.76 Å². The molecule has 0 bridgehead atoms. The van der Waals surface area contributed by atoms with E-state index in [1.54, 1.807) is 12.1 Å². The summed E-state index contributed by atoms with van der Waals surface area (Å²) >= 11 is 0. The topological polar surface area (TPSA) is 91.7 Å². The molecule has 7 nitrogen and oxygen atoms in total. The van der Waals surface area contributed by atoms with Crippen LogP contribution in [-0.2, 0) is 9.59 Å². The van der Waals surface area contributed by atoms with Crippen molar-refractivity contribution in [2.24, 2.45) is 0 Å². The summed E-state index contributed by atoms with van der Waals surface area (Å²) < 4.78 is 5.13. The minimum atomic E-state index is -0.944. The number of furan rings is 1. The first-order valence-corrected chi connectivity index (χ1v) is 12.1. The largest absolute Gasteiger partial charge is 0.459 e. The zero-order chi connectivity index (χ0) is 26.5. The Hall–Kier alpha value is -3.87. The van der Waals surface area contributed by atoms with Crippen molar-refractivity contribution in [3.63, 3.8) is 0 Å². The van der Waals surface area contributed by atoms with Crippen LogP contribution < -0.4 is 15.5 Å². The van der Waals surface area contributed by atoms with E-state index in [2.05, 4.69) is 24.5 Å². The molecule has 36 heavy (non-hydrogen) atoms. The van der Waals surface area contributed by atoms with E-state index in [1.807, 2.05) is 70.2 Å². The van der Waals surface area contributed by atoms with Gasteiger partial charge in [0.1, 0.15) is 6.04 Å². The Morgan fingerprint density at radius 2 is 1.61 bits per heavy atom. The molecule has 190 valence electrons. The lowest BCUT2D eigenvalue weighted by Gasteiger charge is -2.34. The molecule has 1 unspecified atom stereocenters. The summed E-state index contributed by atoms with van der Waals surface area (Å²) in [6, 6.07) is 17.3. The molecule has 1 heterocycles. The number of hydrogen-bond donors (Lipinski definition) is 2. The number of anilines is 1. The molecule has 1 atom stereocenters. The molecule has 2 aromatic carbocycles. The molecular formula is C29H35N3O4. The molecule has 3 aromatic rings. The lowest BCUT2D eigenvalue weighted by atomic mass is 9.96. The molecule has 0 aliphatic carbocycles. The van der Waals surface area contributed by atoms with Crippen LogP contribution in [0.25, 0.3) is 0 Å². The normalized spacial score (nSPS) is 12.2. The fraction of sp³-hybridized carbons (Fsp3) is 0.345. The predicted molar refractivity (Wildman–Crippen MR) is 141 cm³/mol. The summed E-state index contributed by atoms with van der Waals surface area (Å²) in [5, 5.41) is 5.64. The average Bonchev–Trinajstić information content (AvgIpc) is 3.34. The lowest BCUT2D eigenvalue weighted by Crippen LogP contribution is -2.51. The van der Waals surface area contributed by atoms with Gasteiger partial charge in [-0.15, -0.1) is 0 Å². The number of benzene rings is 2. The highest BCUT2D eigenvalue weighted by Gasteiger charge is 2.34. The van der Waals surface area contributed by atoms with Gasteiger partial charge in [0.05, 0.1) is 12.8 Å². The van der Waals surface area contributed by atoms with Gasteiger partial charge >= 0.3 is 0 Å². The van der Waals surface area contributed by atoms with E-state index in [0.29, 0.717) is 17.2 Å². The highest BCUT2D eigenvalue weighted by Crippen LogP contribution is 2.30. The van der Waals surface area contributed by atoms with E-state index in [9.17, 15) is 14.4 Å². The maximum absolute atomic E-state index is 13.7. The van der Waals surface area contributed by atoms with E-state index < -0.39 is 23.4 Å². The molecule has 7 heteroatoms. The molecule has 0 spiro atoms. The summed E-state index contributed by atoms with van der Waals surface area (Å²) in [4.78, 5) is 41.3. The van der Waals surface area contributed by atoms with Crippen molar-refractivity contribution < 1.29 is 18.8 Å². The fourth-order valence-corrected chi connectivity index (χ4v) is 3.87. The number of carbonyl (C=O) groups is 3. The molecule has 0 saturated heterocycles. The average molecular weight is 490 g/mol. The Labute approximate surface area is 212 Å². The second-order valence-corrected chi connectivity index (χ2v) is 10.2. The van der Waals surface area contributed by atoms with Crippen LogP contribution in [0.5, 0.6) is 0 Å². The number of hydrogen-bond acceptors (Lipinski definition) is 4. The fourth-order valence-electron chi connectivity index (χ4n) is 3.87. The highest BCUT2D eigenvalue weighted by molar-refractivity contribution is 6.04. The van der Waals surface area contributed by atoms with Crippen molar-refractivity contribution in [3.8, 4) is 0 Å². The smallest absolute Gasteiger partial charge is 0.287 e. The Bertz CT molecular complexity index is 1190. The zero-order valence-electron chi connectivity index (χ0n) is 21.8. The highest BCUT2D eigenvalue weighted by atomic mass is 16.3. The van der Waals surface area contributed by atoms with E-state index >= 15 is 0 Å². The number of carbonyl (C=O) groups excluding carboxylic acids is 3. The number of amides is 3. The lowest BCUT2D eigenvalue weighted by molar-refractivity contribution is -0.127. The standard InChI is InChI=1S/C29H35N3O4/c1-19(2)21-12-14-22(15-13-21)26(28(35)31-29(4,5)6)32(23-10-7-9-20(3)17-23)25(33)18-30-27(34)24-11-8-16-36-24/h7-17,19,26H,18H2,1-6H3,(H,30,34)(H,31,35). The quantitative estimate of drug-likeness (QED) is 0.459. The molecule has 0 fully saturated rings. The summed E-state index contributed by atoms with van der Waals surface area (Å²) in [5.74, 6) is -0.813. The number of nitrogens with zero attached hydrogens (tertiary/aromatic N) is 1. The molecule has 0 aliphatic rings. The third-order valence-electron chi connectivity index (χ3n) is 5.62. The van der Waals surface area contributed by atoms with Crippen molar-refractivity contribution in [1.82, 2.24) is 10.6 Å². The van der Waals surface area contributed by atoms with Crippen LogP contribution in [0.15, 0.2) is 71.3 Å². The molecular weight excluding hydrogens is 454 g/mol. The molecule has 1 aromatic heterocycles. The first-order valence-electron chi connectivity index (χ1n) is 12.1. The Kier molecular flexibility index (Phi) is 8.35. The van der Waals surface area contributed by atoms with Crippen LogP contribution >= 0.6 is 0 Å². The van der Waals surface area contributed by atoms with Gasteiger partial charge in [-0.3, -0.25) is 19.3 Å². The molecule has 2 N–H and O–H groups in total. The molecule has 0 radical (unpaired) electrons. The number of nitrogens with one attached hydrogen (secondary N) is 2. The molecule has 0 aliphatic heterocycles. The van der Waals surface area contributed by atoms with Gasteiger partial charge in [0, 0.05) is 11.2 Å². The minimum Gasteiger partial charge on any atom is -0.459 e. The van der Waals surface area contributed by atoms with Crippen LogP contribution in [0.4, 0.5) is 5.69 Å². The van der Waals surface area contributed by atoms with Crippen molar-refractivity contribution >= 4 is 23.4 Å². The van der Waals surface area contributed by atoms with Gasteiger partial charge in [-0.25, -0.2) is 0 Å².